The molecule has 0 amide bonds. The van der Waals surface area contributed by atoms with Crippen molar-refractivity contribution in [3.05, 3.63) is 18.2 Å². The van der Waals surface area contributed by atoms with Crippen molar-refractivity contribution in [1.82, 2.24) is 9.29 Å². The molecule has 0 bridgehead atoms. The Morgan fingerprint density at radius 3 is 2.35 bits per heavy atom. The van der Waals surface area contributed by atoms with Crippen LogP contribution in [0.1, 0.15) is 20.8 Å². The molecule has 1 aromatic heterocycles. The second kappa shape index (κ2) is 6.06. The summed E-state index contributed by atoms with van der Waals surface area (Å²) in [6, 6.07) is 3.72. The van der Waals surface area contributed by atoms with E-state index in [1.165, 1.54) is 32.2 Å². The molecule has 0 aliphatic heterocycles. The topological polar surface area (TPSA) is 93.6 Å². The highest BCUT2D eigenvalue weighted by atomic mass is 32.2. The average Bonchev–Trinajstić information content (AvgIpc) is 2.37. The molecule has 0 N–H and O–H groups in total. The zero-order chi connectivity index (χ0) is 15.6. The lowest BCUT2D eigenvalue weighted by molar-refractivity contribution is 0.407. The Labute approximate surface area is 119 Å². The fourth-order valence-corrected chi connectivity index (χ4v) is 2.98. The van der Waals surface area contributed by atoms with Gasteiger partial charge in [-0.1, -0.05) is 6.07 Å². The number of nitrogens with zero attached hydrogens (tertiary/aromatic N) is 2. The number of aromatic nitrogens is 1. The van der Waals surface area contributed by atoms with E-state index in [1.807, 2.05) is 0 Å². The van der Waals surface area contributed by atoms with Crippen LogP contribution in [-0.4, -0.2) is 45.0 Å². The second-order valence-electron chi connectivity index (χ2n) is 4.36. The molecule has 0 aliphatic carbocycles. The van der Waals surface area contributed by atoms with Gasteiger partial charge in [-0.25, -0.2) is 8.42 Å². The Hall–Kier alpha value is -1.19. The average molecular weight is 322 g/mol. The number of rotatable bonds is 6. The van der Waals surface area contributed by atoms with E-state index < -0.39 is 20.1 Å². The molecule has 1 rings (SSSR count). The highest BCUT2D eigenvalue weighted by Crippen LogP contribution is 2.18. The van der Waals surface area contributed by atoms with Gasteiger partial charge in [0.1, 0.15) is 0 Å². The third-order valence-electron chi connectivity index (χ3n) is 2.63. The van der Waals surface area contributed by atoms with E-state index >= 15 is 0 Å². The summed E-state index contributed by atoms with van der Waals surface area (Å²) in [5.74, 6) is -0.484. The van der Waals surface area contributed by atoms with Crippen molar-refractivity contribution in [1.29, 1.82) is 0 Å². The van der Waals surface area contributed by atoms with E-state index in [9.17, 15) is 16.8 Å². The molecule has 0 aliphatic rings. The third-order valence-corrected chi connectivity index (χ3v) is 5.70. The molecule has 7 nitrogen and oxygen atoms in total. The van der Waals surface area contributed by atoms with Crippen molar-refractivity contribution in [3.63, 3.8) is 0 Å². The van der Waals surface area contributed by atoms with Gasteiger partial charge in [-0.3, -0.25) is 0 Å². The van der Waals surface area contributed by atoms with Gasteiger partial charge in [0.05, 0.1) is 5.75 Å². The smallest absolute Gasteiger partial charge is 0.310 e. The Kier molecular flexibility index (Phi) is 5.11. The quantitative estimate of drug-likeness (QED) is 0.720. The summed E-state index contributed by atoms with van der Waals surface area (Å²) in [6.07, 6.45) is 0. The first-order valence-corrected chi connectivity index (χ1v) is 8.99. The molecule has 114 valence electrons. The second-order valence-corrected chi connectivity index (χ2v) is 8.16. The number of pyridine rings is 1. The summed E-state index contributed by atoms with van der Waals surface area (Å²) in [4.78, 5) is 3.75. The van der Waals surface area contributed by atoms with Gasteiger partial charge in [0.2, 0.25) is 5.88 Å². The normalized spacial score (nSPS) is 12.9. The Morgan fingerprint density at radius 2 is 1.85 bits per heavy atom. The molecule has 0 radical (unpaired) electrons. The highest BCUT2D eigenvalue weighted by molar-refractivity contribution is 7.89. The first-order valence-electron chi connectivity index (χ1n) is 5.97. The Balaban J connectivity index is 3.17. The third kappa shape index (κ3) is 3.90. The van der Waals surface area contributed by atoms with Crippen LogP contribution in [0.15, 0.2) is 23.2 Å². The molecule has 0 saturated carbocycles. The molecule has 1 heterocycles. The summed E-state index contributed by atoms with van der Waals surface area (Å²) < 4.78 is 53.0. The van der Waals surface area contributed by atoms with Crippen LogP contribution < -0.4 is 4.18 Å². The van der Waals surface area contributed by atoms with Gasteiger partial charge >= 0.3 is 10.1 Å². The van der Waals surface area contributed by atoms with E-state index in [0.29, 0.717) is 0 Å². The number of hydrogen-bond donors (Lipinski definition) is 0. The van der Waals surface area contributed by atoms with Crippen LogP contribution in [0.25, 0.3) is 0 Å². The Morgan fingerprint density at radius 1 is 1.25 bits per heavy atom. The fraction of sp³-hybridized carbons (Fsp3) is 0.545. The van der Waals surface area contributed by atoms with Crippen LogP contribution in [0.3, 0.4) is 0 Å². The first-order chi connectivity index (χ1) is 9.10. The maximum atomic E-state index is 12.2. The largest absolute Gasteiger partial charge is 0.362 e. The highest BCUT2D eigenvalue weighted by Gasteiger charge is 2.25. The van der Waals surface area contributed by atoms with E-state index in [4.69, 9.17) is 4.18 Å². The predicted molar refractivity (Wildman–Crippen MR) is 74.4 cm³/mol. The molecule has 0 unspecified atom stereocenters. The van der Waals surface area contributed by atoms with Gasteiger partial charge < -0.3 is 4.18 Å². The minimum absolute atomic E-state index is 0.225. The van der Waals surface area contributed by atoms with Gasteiger partial charge in [0, 0.05) is 19.2 Å². The molecule has 0 saturated heterocycles. The van der Waals surface area contributed by atoms with Crippen LogP contribution in [0.2, 0.25) is 0 Å². The lowest BCUT2D eigenvalue weighted by Gasteiger charge is -2.20. The van der Waals surface area contributed by atoms with E-state index in [1.54, 1.807) is 13.8 Å². The van der Waals surface area contributed by atoms with Crippen LogP contribution in [0, 0.1) is 0 Å². The van der Waals surface area contributed by atoms with Crippen molar-refractivity contribution in [2.45, 2.75) is 31.8 Å². The number of sulfonamides is 1. The van der Waals surface area contributed by atoms with Crippen molar-refractivity contribution in [3.8, 4) is 5.88 Å². The zero-order valence-corrected chi connectivity index (χ0v) is 13.4. The van der Waals surface area contributed by atoms with Gasteiger partial charge in [-0.2, -0.15) is 17.7 Å². The minimum Gasteiger partial charge on any atom is -0.362 e. The SMILES string of the molecule is CCS(=O)(=O)Oc1cccc(S(=O)(=O)N(C)C(C)C)n1. The maximum Gasteiger partial charge on any atom is 0.310 e. The van der Waals surface area contributed by atoms with Gasteiger partial charge in [-0.15, -0.1) is 0 Å². The summed E-state index contributed by atoms with van der Waals surface area (Å²) >= 11 is 0. The maximum absolute atomic E-state index is 12.2. The molecular weight excluding hydrogens is 304 g/mol. The van der Waals surface area contributed by atoms with Crippen LogP contribution in [0.4, 0.5) is 0 Å². The van der Waals surface area contributed by atoms with Crippen LogP contribution in [0.5, 0.6) is 5.88 Å². The fourth-order valence-electron chi connectivity index (χ4n) is 1.20. The van der Waals surface area contributed by atoms with Crippen LogP contribution >= 0.6 is 0 Å². The van der Waals surface area contributed by atoms with E-state index in [0.717, 1.165) is 4.31 Å². The number of hydrogen-bond acceptors (Lipinski definition) is 6. The molecule has 1 aromatic rings. The summed E-state index contributed by atoms with van der Waals surface area (Å²) in [5, 5.41) is -0.252. The molecule has 0 fully saturated rings. The first kappa shape index (κ1) is 16.9. The van der Waals surface area contributed by atoms with Crippen molar-refractivity contribution in [2.24, 2.45) is 0 Å². The van der Waals surface area contributed by atoms with Gasteiger partial charge in [0.25, 0.3) is 10.0 Å². The predicted octanol–water partition coefficient (Wildman–Crippen LogP) is 0.839. The van der Waals surface area contributed by atoms with Gasteiger partial charge in [-0.05, 0) is 26.8 Å². The lowest BCUT2D eigenvalue weighted by Crippen LogP contribution is -2.33. The van der Waals surface area contributed by atoms with Crippen LogP contribution in [-0.2, 0) is 20.1 Å². The summed E-state index contributed by atoms with van der Waals surface area (Å²) in [7, 11) is -6.09. The summed E-state index contributed by atoms with van der Waals surface area (Å²) in [6.45, 7) is 4.86. The van der Waals surface area contributed by atoms with Crippen molar-refractivity contribution >= 4 is 20.1 Å². The zero-order valence-electron chi connectivity index (χ0n) is 11.8. The van der Waals surface area contributed by atoms with E-state index in [2.05, 4.69) is 4.98 Å². The van der Waals surface area contributed by atoms with E-state index in [-0.39, 0.29) is 22.7 Å². The Bertz CT molecular complexity index is 668. The standard InChI is InChI=1S/C11H18N2O5S2/c1-5-19(14,15)18-10-7-6-8-11(12-10)20(16,17)13(4)9(2)3/h6-9H,5H2,1-4H3. The monoisotopic (exact) mass is 322 g/mol. The molecule has 0 atom stereocenters. The minimum atomic E-state index is -3.78. The molecule has 0 spiro atoms. The van der Waals surface area contributed by atoms with Crippen molar-refractivity contribution in [2.75, 3.05) is 12.8 Å². The lowest BCUT2D eigenvalue weighted by atomic mass is 10.4. The summed E-state index contributed by atoms with van der Waals surface area (Å²) in [5.41, 5.74) is 0. The molecular formula is C11H18N2O5S2. The molecule has 9 heteroatoms. The van der Waals surface area contributed by atoms with Gasteiger partial charge in [0.15, 0.2) is 5.03 Å². The molecule has 0 aromatic carbocycles. The molecule has 20 heavy (non-hydrogen) atoms. The van der Waals surface area contributed by atoms with Crippen molar-refractivity contribution < 1.29 is 21.0 Å².